The minimum atomic E-state index is -2.44. The van der Waals surface area contributed by atoms with E-state index in [4.69, 9.17) is 4.74 Å². The van der Waals surface area contributed by atoms with Gasteiger partial charge in [0.2, 0.25) is 0 Å². The second-order valence-electron chi connectivity index (χ2n) is 7.89. The van der Waals surface area contributed by atoms with Gasteiger partial charge in [-0.25, -0.2) is 4.79 Å². The molecule has 2 aliphatic heterocycles. The molecule has 7 nitrogen and oxygen atoms in total. The number of nitrogens with zero attached hydrogens (tertiary/aromatic N) is 3. The molecule has 1 unspecified atom stereocenters. The van der Waals surface area contributed by atoms with E-state index >= 15 is 0 Å². The summed E-state index contributed by atoms with van der Waals surface area (Å²) in [5.41, 5.74) is 2.10. The van der Waals surface area contributed by atoms with Crippen LogP contribution in [0, 0.1) is 0 Å². The fourth-order valence-corrected chi connectivity index (χ4v) is 5.22. The van der Waals surface area contributed by atoms with Crippen molar-refractivity contribution >= 4 is 28.1 Å². The monoisotopic (exact) mass is 431 g/mol. The van der Waals surface area contributed by atoms with E-state index in [0.29, 0.717) is 36.9 Å². The maximum absolute atomic E-state index is 12.8. The lowest BCUT2D eigenvalue weighted by molar-refractivity contribution is 0.129. The van der Waals surface area contributed by atoms with Crippen LogP contribution in [0.4, 0.5) is 16.2 Å². The number of rotatable bonds is 3. The maximum Gasteiger partial charge on any atom is 0.415 e. The van der Waals surface area contributed by atoms with E-state index in [-0.39, 0.29) is 12.1 Å². The molecule has 0 saturated carbocycles. The molecule has 2 aromatic carbocycles. The SMILES string of the molecule is CC1CN(c2ccccc2)CCN1C(=O)Oc1cccc(N2CCS(O)(O)CC2)c1. The zero-order chi connectivity index (χ0) is 21.1. The van der Waals surface area contributed by atoms with Gasteiger partial charge in [0, 0.05) is 56.2 Å². The number of ether oxygens (including phenoxy) is 1. The molecule has 4 rings (SSSR count). The predicted octanol–water partition coefficient (Wildman–Crippen LogP) is 3.97. The molecule has 2 aromatic rings. The topological polar surface area (TPSA) is 76.5 Å². The molecular weight excluding hydrogens is 402 g/mol. The van der Waals surface area contributed by atoms with Gasteiger partial charge in [0.15, 0.2) is 0 Å². The van der Waals surface area contributed by atoms with Gasteiger partial charge >= 0.3 is 6.09 Å². The van der Waals surface area contributed by atoms with E-state index in [1.165, 1.54) is 5.69 Å². The van der Waals surface area contributed by atoms with E-state index in [2.05, 4.69) is 21.9 Å². The van der Waals surface area contributed by atoms with Crippen LogP contribution in [0.25, 0.3) is 0 Å². The number of anilines is 2. The highest BCUT2D eigenvalue weighted by atomic mass is 32.3. The van der Waals surface area contributed by atoms with Gasteiger partial charge in [0.05, 0.1) is 11.5 Å². The van der Waals surface area contributed by atoms with Crippen molar-refractivity contribution in [3.63, 3.8) is 0 Å². The number of para-hydroxylation sites is 1. The van der Waals surface area contributed by atoms with Crippen LogP contribution < -0.4 is 14.5 Å². The Kier molecular flexibility index (Phi) is 6.08. The zero-order valence-electron chi connectivity index (χ0n) is 17.2. The molecule has 2 N–H and O–H groups in total. The normalized spacial score (nSPS) is 22.5. The number of hydrogen-bond acceptors (Lipinski definition) is 6. The lowest BCUT2D eigenvalue weighted by Crippen LogP contribution is -2.54. The second-order valence-corrected chi connectivity index (χ2v) is 10.3. The summed E-state index contributed by atoms with van der Waals surface area (Å²) in [6.07, 6.45) is -0.333. The molecule has 8 heteroatoms. The molecule has 0 bridgehead atoms. The average molecular weight is 432 g/mol. The van der Waals surface area contributed by atoms with E-state index in [0.717, 1.165) is 18.8 Å². The molecule has 162 valence electrons. The van der Waals surface area contributed by atoms with Crippen LogP contribution in [0.3, 0.4) is 0 Å². The maximum atomic E-state index is 12.8. The fourth-order valence-electron chi connectivity index (χ4n) is 3.99. The number of benzene rings is 2. The van der Waals surface area contributed by atoms with Crippen LogP contribution in [0.5, 0.6) is 5.75 Å². The Balaban J connectivity index is 1.36. The highest BCUT2D eigenvalue weighted by Gasteiger charge is 2.29. The van der Waals surface area contributed by atoms with Crippen molar-refractivity contribution < 1.29 is 18.6 Å². The van der Waals surface area contributed by atoms with Crippen molar-refractivity contribution in [2.24, 2.45) is 0 Å². The molecule has 2 saturated heterocycles. The Morgan fingerprint density at radius 2 is 1.63 bits per heavy atom. The number of hydrogen-bond donors (Lipinski definition) is 2. The average Bonchev–Trinajstić information content (AvgIpc) is 2.74. The van der Waals surface area contributed by atoms with Crippen LogP contribution in [0.1, 0.15) is 6.92 Å². The van der Waals surface area contributed by atoms with Gasteiger partial charge in [-0.3, -0.25) is 9.11 Å². The van der Waals surface area contributed by atoms with Crippen molar-refractivity contribution in [3.8, 4) is 5.75 Å². The van der Waals surface area contributed by atoms with Gasteiger partial charge in [-0.1, -0.05) is 24.3 Å². The van der Waals surface area contributed by atoms with E-state index in [9.17, 15) is 13.9 Å². The minimum Gasteiger partial charge on any atom is -0.410 e. The molecule has 0 radical (unpaired) electrons. The quantitative estimate of drug-likeness (QED) is 0.766. The van der Waals surface area contributed by atoms with Crippen LogP contribution in [-0.2, 0) is 0 Å². The van der Waals surface area contributed by atoms with Crippen molar-refractivity contribution in [3.05, 3.63) is 54.6 Å². The third kappa shape index (κ3) is 4.83. The number of carbonyl (C=O) groups excluding carboxylic acids is 1. The van der Waals surface area contributed by atoms with E-state index in [1.807, 2.05) is 43.3 Å². The Labute approximate surface area is 179 Å². The van der Waals surface area contributed by atoms with Crippen LogP contribution in [-0.4, -0.2) is 70.4 Å². The van der Waals surface area contributed by atoms with E-state index in [1.54, 1.807) is 11.0 Å². The lowest BCUT2D eigenvalue weighted by atomic mass is 10.1. The van der Waals surface area contributed by atoms with Crippen LogP contribution >= 0.6 is 10.6 Å². The first-order valence-electron chi connectivity index (χ1n) is 10.3. The summed E-state index contributed by atoms with van der Waals surface area (Å²) in [7, 11) is -2.44. The summed E-state index contributed by atoms with van der Waals surface area (Å²) >= 11 is 0. The van der Waals surface area contributed by atoms with Gasteiger partial charge in [-0.05, 0) is 31.2 Å². The molecule has 1 amide bonds. The summed E-state index contributed by atoms with van der Waals surface area (Å²) in [4.78, 5) is 19.0. The number of carbonyl (C=O) groups is 1. The first-order chi connectivity index (χ1) is 14.4. The Morgan fingerprint density at radius 3 is 2.33 bits per heavy atom. The third-order valence-electron chi connectivity index (χ3n) is 5.75. The molecular formula is C22H29N3O4S. The molecule has 0 aromatic heterocycles. The smallest absolute Gasteiger partial charge is 0.410 e. The minimum absolute atomic E-state index is 0.0435. The largest absolute Gasteiger partial charge is 0.415 e. The molecule has 1 atom stereocenters. The van der Waals surface area contributed by atoms with Gasteiger partial charge in [0.1, 0.15) is 5.75 Å². The summed E-state index contributed by atoms with van der Waals surface area (Å²) in [6.45, 7) is 5.34. The Hall–Kier alpha value is -2.42. The molecule has 30 heavy (non-hydrogen) atoms. The fraction of sp³-hybridized carbons (Fsp3) is 0.409. The molecule has 2 aliphatic rings. The van der Waals surface area contributed by atoms with Crippen molar-refractivity contribution in [2.45, 2.75) is 13.0 Å². The summed E-state index contributed by atoms with van der Waals surface area (Å²) in [5, 5.41) is 0. The van der Waals surface area contributed by atoms with Crippen LogP contribution in [0.2, 0.25) is 0 Å². The summed E-state index contributed by atoms with van der Waals surface area (Å²) in [5.74, 6) is 1.26. The van der Waals surface area contributed by atoms with Crippen molar-refractivity contribution in [2.75, 3.05) is 54.0 Å². The lowest BCUT2D eigenvalue weighted by Gasteiger charge is -2.42. The van der Waals surface area contributed by atoms with Crippen LogP contribution in [0.15, 0.2) is 54.6 Å². The molecule has 0 spiro atoms. The third-order valence-corrected chi connectivity index (χ3v) is 7.42. The summed E-state index contributed by atoms with van der Waals surface area (Å²) < 4.78 is 25.3. The zero-order valence-corrected chi connectivity index (χ0v) is 18.0. The van der Waals surface area contributed by atoms with Gasteiger partial charge in [-0.2, -0.15) is 10.6 Å². The second kappa shape index (κ2) is 8.75. The highest BCUT2D eigenvalue weighted by Crippen LogP contribution is 2.41. The predicted molar refractivity (Wildman–Crippen MR) is 122 cm³/mol. The standard InChI is InChI=1S/C22H29N3O4S/c1-18-17-24(19-6-3-2-4-7-19)10-11-25(18)22(26)29-21-9-5-8-20(16-21)23-12-14-30(27,28)15-13-23/h2-9,16,18,27-28H,10-15,17H2,1H3. The molecule has 0 aliphatic carbocycles. The number of piperazine rings is 1. The molecule has 2 heterocycles. The first-order valence-corrected chi connectivity index (χ1v) is 12.2. The Morgan fingerprint density at radius 1 is 0.933 bits per heavy atom. The van der Waals surface area contributed by atoms with Gasteiger partial charge in [0.25, 0.3) is 0 Å². The Bertz CT molecular complexity index is 870. The summed E-state index contributed by atoms with van der Waals surface area (Å²) in [6, 6.07) is 17.7. The number of amides is 1. The van der Waals surface area contributed by atoms with Crippen molar-refractivity contribution in [1.29, 1.82) is 0 Å². The molecule has 2 fully saturated rings. The van der Waals surface area contributed by atoms with Gasteiger partial charge < -0.3 is 19.4 Å². The van der Waals surface area contributed by atoms with Gasteiger partial charge in [-0.15, -0.1) is 0 Å². The van der Waals surface area contributed by atoms with Crippen molar-refractivity contribution in [1.82, 2.24) is 4.90 Å². The van der Waals surface area contributed by atoms with E-state index < -0.39 is 10.6 Å². The first kappa shape index (κ1) is 20.8. The highest BCUT2D eigenvalue weighted by molar-refractivity contribution is 8.24.